The lowest BCUT2D eigenvalue weighted by molar-refractivity contribution is 0.240. The molecule has 0 saturated carbocycles. The van der Waals surface area contributed by atoms with Crippen LogP contribution >= 0.6 is 11.3 Å². The topological polar surface area (TPSA) is 63.8 Å². The lowest BCUT2D eigenvalue weighted by Gasteiger charge is -2.12. The average molecular weight is 286 g/mol. The van der Waals surface area contributed by atoms with E-state index in [1.54, 1.807) is 10.2 Å². The van der Waals surface area contributed by atoms with Crippen molar-refractivity contribution in [1.29, 1.82) is 0 Å². The Morgan fingerprint density at radius 3 is 2.75 bits per heavy atom. The third-order valence-electron chi connectivity index (χ3n) is 3.16. The van der Waals surface area contributed by atoms with Gasteiger partial charge in [-0.1, -0.05) is 35.5 Å². The maximum absolute atomic E-state index is 9.65. The van der Waals surface area contributed by atoms with E-state index in [1.807, 2.05) is 43.5 Å². The molecule has 102 valence electrons. The van der Waals surface area contributed by atoms with Crippen molar-refractivity contribution >= 4 is 11.3 Å². The molecule has 3 rings (SSSR count). The lowest BCUT2D eigenvalue weighted by Crippen LogP contribution is -2.15. The first-order valence-electron chi connectivity index (χ1n) is 6.27. The van der Waals surface area contributed by atoms with E-state index in [1.165, 1.54) is 11.3 Å². The summed E-state index contributed by atoms with van der Waals surface area (Å²) in [6.45, 7) is 1.91. The van der Waals surface area contributed by atoms with Gasteiger partial charge in [0.25, 0.3) is 0 Å². The molecule has 5 nitrogen and oxygen atoms in total. The van der Waals surface area contributed by atoms with Gasteiger partial charge < -0.3 is 5.11 Å². The van der Waals surface area contributed by atoms with Crippen molar-refractivity contribution in [2.75, 3.05) is 6.61 Å². The van der Waals surface area contributed by atoms with Gasteiger partial charge in [-0.25, -0.2) is 9.67 Å². The zero-order valence-corrected chi connectivity index (χ0v) is 11.8. The molecule has 2 aromatic heterocycles. The van der Waals surface area contributed by atoms with Crippen molar-refractivity contribution in [3.8, 4) is 11.3 Å². The molecule has 0 aliphatic heterocycles. The Morgan fingerprint density at radius 2 is 2.10 bits per heavy atom. The first-order valence-corrected chi connectivity index (χ1v) is 7.15. The Labute approximate surface area is 120 Å². The molecule has 1 N–H and O–H groups in total. The molecule has 0 spiro atoms. The van der Waals surface area contributed by atoms with Crippen LogP contribution in [0.3, 0.4) is 0 Å². The molecule has 0 fully saturated rings. The molecule has 2 heterocycles. The summed E-state index contributed by atoms with van der Waals surface area (Å²) in [6, 6.07) is 9.63. The fourth-order valence-corrected chi connectivity index (χ4v) is 2.97. The number of aryl methyl sites for hydroxylation is 1. The standard InChI is InChI=1S/C14H14N4OS/c1-10-14(20-9-15-10)13(8-19)18-7-12(16-17-18)11-5-3-2-4-6-11/h2-7,9,13,19H,8H2,1H3. The van der Waals surface area contributed by atoms with Crippen molar-refractivity contribution in [2.45, 2.75) is 13.0 Å². The SMILES string of the molecule is Cc1ncsc1C(CO)n1cc(-c2ccccc2)nn1. The van der Waals surface area contributed by atoms with Crippen molar-refractivity contribution in [1.82, 2.24) is 20.0 Å². The zero-order valence-electron chi connectivity index (χ0n) is 11.0. The second-order valence-corrected chi connectivity index (χ2v) is 5.34. The van der Waals surface area contributed by atoms with Crippen LogP contribution in [0.5, 0.6) is 0 Å². The van der Waals surface area contributed by atoms with Crippen molar-refractivity contribution in [2.24, 2.45) is 0 Å². The molecular formula is C14H14N4OS. The van der Waals surface area contributed by atoms with Crippen LogP contribution in [0.25, 0.3) is 11.3 Å². The minimum Gasteiger partial charge on any atom is -0.394 e. The van der Waals surface area contributed by atoms with E-state index >= 15 is 0 Å². The van der Waals surface area contributed by atoms with E-state index < -0.39 is 0 Å². The fourth-order valence-electron chi connectivity index (χ4n) is 2.09. The van der Waals surface area contributed by atoms with Gasteiger partial charge in [0.15, 0.2) is 0 Å². The number of aromatic nitrogens is 4. The number of nitrogens with zero attached hydrogens (tertiary/aromatic N) is 4. The smallest absolute Gasteiger partial charge is 0.113 e. The van der Waals surface area contributed by atoms with Crippen molar-refractivity contribution < 1.29 is 5.11 Å². The first-order chi connectivity index (χ1) is 9.79. The molecule has 0 aliphatic rings. The number of hydrogen-bond acceptors (Lipinski definition) is 5. The third kappa shape index (κ3) is 2.35. The summed E-state index contributed by atoms with van der Waals surface area (Å²) in [6.07, 6.45) is 1.86. The normalized spacial score (nSPS) is 12.5. The van der Waals surface area contributed by atoms with Crippen LogP contribution < -0.4 is 0 Å². The Bertz CT molecular complexity index is 692. The molecule has 0 radical (unpaired) electrons. The highest BCUT2D eigenvalue weighted by molar-refractivity contribution is 7.09. The highest BCUT2D eigenvalue weighted by Gasteiger charge is 2.19. The number of thiazole rings is 1. The monoisotopic (exact) mass is 286 g/mol. The summed E-state index contributed by atoms with van der Waals surface area (Å²) in [5.41, 5.74) is 4.51. The van der Waals surface area contributed by atoms with Crippen molar-refractivity contribution in [3.63, 3.8) is 0 Å². The van der Waals surface area contributed by atoms with Gasteiger partial charge in [-0.2, -0.15) is 0 Å². The van der Waals surface area contributed by atoms with Gasteiger partial charge in [-0.15, -0.1) is 16.4 Å². The molecule has 1 atom stereocenters. The Hall–Kier alpha value is -2.05. The molecule has 20 heavy (non-hydrogen) atoms. The van der Waals surface area contributed by atoms with E-state index in [0.717, 1.165) is 21.8 Å². The van der Waals surface area contributed by atoms with E-state index in [4.69, 9.17) is 0 Å². The van der Waals surface area contributed by atoms with Gasteiger partial charge in [0.1, 0.15) is 11.7 Å². The van der Waals surface area contributed by atoms with Crippen molar-refractivity contribution in [3.05, 3.63) is 52.6 Å². The number of rotatable bonds is 4. The fraction of sp³-hybridized carbons (Fsp3) is 0.214. The zero-order chi connectivity index (χ0) is 13.9. The number of aliphatic hydroxyl groups excluding tert-OH is 1. The highest BCUT2D eigenvalue weighted by Crippen LogP contribution is 2.26. The summed E-state index contributed by atoms with van der Waals surface area (Å²) in [7, 11) is 0. The highest BCUT2D eigenvalue weighted by atomic mass is 32.1. The number of aliphatic hydroxyl groups is 1. The quantitative estimate of drug-likeness (QED) is 0.799. The molecule has 0 amide bonds. The van der Waals surface area contributed by atoms with Crippen LogP contribution in [-0.4, -0.2) is 31.7 Å². The first kappa shape index (κ1) is 13.0. The second kappa shape index (κ2) is 5.52. The van der Waals surface area contributed by atoms with Crippen LogP contribution in [0.2, 0.25) is 0 Å². The number of hydrogen-bond donors (Lipinski definition) is 1. The minimum absolute atomic E-state index is 0.0272. The largest absolute Gasteiger partial charge is 0.394 e. The van der Waals surface area contributed by atoms with Gasteiger partial charge >= 0.3 is 0 Å². The van der Waals surface area contributed by atoms with Crippen LogP contribution in [0.1, 0.15) is 16.6 Å². The Morgan fingerprint density at radius 1 is 1.30 bits per heavy atom. The van der Waals surface area contributed by atoms with E-state index in [2.05, 4.69) is 15.3 Å². The maximum atomic E-state index is 9.65. The summed E-state index contributed by atoms with van der Waals surface area (Å²) in [4.78, 5) is 5.23. The molecule has 3 aromatic rings. The molecule has 1 aromatic carbocycles. The van der Waals surface area contributed by atoms with Gasteiger partial charge in [-0.05, 0) is 6.92 Å². The second-order valence-electron chi connectivity index (χ2n) is 4.45. The summed E-state index contributed by atoms with van der Waals surface area (Å²) in [5, 5.41) is 18.0. The lowest BCUT2D eigenvalue weighted by atomic mass is 10.2. The van der Waals surface area contributed by atoms with Crippen LogP contribution in [0.15, 0.2) is 42.0 Å². The minimum atomic E-state index is -0.229. The number of benzene rings is 1. The average Bonchev–Trinajstić information content (AvgIpc) is 3.12. The summed E-state index contributed by atoms with van der Waals surface area (Å²) < 4.78 is 1.70. The molecule has 1 unspecified atom stereocenters. The van der Waals surface area contributed by atoms with Gasteiger partial charge in [0, 0.05) is 5.56 Å². The van der Waals surface area contributed by atoms with Gasteiger partial charge in [0.2, 0.25) is 0 Å². The molecular weight excluding hydrogens is 272 g/mol. The predicted octanol–water partition coefficient (Wildman–Crippen LogP) is 2.29. The molecule has 0 saturated heterocycles. The van der Waals surface area contributed by atoms with Crippen LogP contribution in [0.4, 0.5) is 0 Å². The van der Waals surface area contributed by atoms with Gasteiger partial charge in [-0.3, -0.25) is 0 Å². The van der Waals surface area contributed by atoms with E-state index in [-0.39, 0.29) is 12.6 Å². The molecule has 0 aliphatic carbocycles. The van der Waals surface area contributed by atoms with Crippen LogP contribution in [0, 0.1) is 6.92 Å². The Balaban J connectivity index is 1.95. The van der Waals surface area contributed by atoms with E-state index in [0.29, 0.717) is 0 Å². The Kier molecular flexibility index (Phi) is 3.58. The molecule has 0 bridgehead atoms. The molecule has 6 heteroatoms. The third-order valence-corrected chi connectivity index (χ3v) is 4.19. The van der Waals surface area contributed by atoms with Gasteiger partial charge in [0.05, 0.1) is 28.9 Å². The van der Waals surface area contributed by atoms with Crippen LogP contribution in [-0.2, 0) is 0 Å². The predicted molar refractivity (Wildman–Crippen MR) is 77.5 cm³/mol. The summed E-state index contributed by atoms with van der Waals surface area (Å²) >= 11 is 1.52. The maximum Gasteiger partial charge on any atom is 0.113 e. The van der Waals surface area contributed by atoms with E-state index in [9.17, 15) is 5.11 Å². The summed E-state index contributed by atoms with van der Waals surface area (Å²) in [5.74, 6) is 0.